The van der Waals surface area contributed by atoms with E-state index in [-0.39, 0.29) is 0 Å². The Labute approximate surface area is 113 Å². The smallest absolute Gasteiger partial charge is 0.103 e. The van der Waals surface area contributed by atoms with E-state index in [0.717, 1.165) is 17.8 Å². The number of amidine groups is 1. The number of piperidine rings is 1. The Morgan fingerprint density at radius 3 is 2.44 bits per heavy atom. The van der Waals surface area contributed by atoms with Crippen molar-refractivity contribution in [1.29, 1.82) is 0 Å². The van der Waals surface area contributed by atoms with Gasteiger partial charge in [-0.15, -0.1) is 0 Å². The molecular formula is C16H30N2. The van der Waals surface area contributed by atoms with Gasteiger partial charge in [-0.05, 0) is 65.2 Å². The molecule has 0 bridgehead atoms. The molecule has 0 N–H and O–H groups in total. The van der Waals surface area contributed by atoms with Gasteiger partial charge in [0.1, 0.15) is 5.84 Å². The lowest BCUT2D eigenvalue weighted by atomic mass is 9.70. The minimum atomic E-state index is 0.430. The van der Waals surface area contributed by atoms with E-state index in [1.165, 1.54) is 38.1 Å². The standard InChI is InChI=1S/C16H30N2/c1-11(2)17-16-15-7-6-13(5)10-14(15)8-9-18(16)12(3)4/h11-15H,6-10H2,1-5H3. The van der Waals surface area contributed by atoms with Crippen molar-refractivity contribution >= 4 is 5.84 Å². The molecule has 0 radical (unpaired) electrons. The first kappa shape index (κ1) is 13.9. The molecule has 1 aliphatic carbocycles. The third kappa shape index (κ3) is 2.89. The van der Waals surface area contributed by atoms with Gasteiger partial charge < -0.3 is 4.90 Å². The van der Waals surface area contributed by atoms with Crippen LogP contribution in [0.4, 0.5) is 0 Å². The maximum Gasteiger partial charge on any atom is 0.103 e. The maximum atomic E-state index is 4.99. The van der Waals surface area contributed by atoms with Crippen LogP contribution in [0.15, 0.2) is 4.99 Å². The second-order valence-electron chi connectivity index (χ2n) is 6.94. The zero-order valence-corrected chi connectivity index (χ0v) is 12.8. The van der Waals surface area contributed by atoms with Crippen LogP contribution in [0.3, 0.4) is 0 Å². The third-order valence-electron chi connectivity index (χ3n) is 4.63. The molecule has 2 nitrogen and oxygen atoms in total. The maximum absolute atomic E-state index is 4.99. The van der Waals surface area contributed by atoms with Crippen molar-refractivity contribution in [2.24, 2.45) is 22.7 Å². The van der Waals surface area contributed by atoms with Crippen LogP contribution in [0.1, 0.15) is 60.3 Å². The van der Waals surface area contributed by atoms with Crippen molar-refractivity contribution in [3.05, 3.63) is 0 Å². The quantitative estimate of drug-likeness (QED) is 0.724. The molecule has 0 aromatic heterocycles. The number of fused-ring (bicyclic) bond motifs is 1. The fourth-order valence-electron chi connectivity index (χ4n) is 3.75. The Morgan fingerprint density at radius 2 is 1.83 bits per heavy atom. The molecule has 2 rings (SSSR count). The van der Waals surface area contributed by atoms with E-state index in [4.69, 9.17) is 4.99 Å². The molecule has 1 aliphatic heterocycles. The van der Waals surface area contributed by atoms with Crippen LogP contribution in [0.2, 0.25) is 0 Å². The molecule has 0 aromatic rings. The molecule has 18 heavy (non-hydrogen) atoms. The Bertz CT molecular complexity index is 306. The highest BCUT2D eigenvalue weighted by Crippen LogP contribution is 2.40. The largest absolute Gasteiger partial charge is 0.358 e. The lowest BCUT2D eigenvalue weighted by Crippen LogP contribution is -2.50. The molecule has 104 valence electrons. The molecule has 3 unspecified atom stereocenters. The summed E-state index contributed by atoms with van der Waals surface area (Å²) in [5.74, 6) is 4.02. The van der Waals surface area contributed by atoms with E-state index in [1.54, 1.807) is 0 Å². The van der Waals surface area contributed by atoms with Crippen LogP contribution in [-0.4, -0.2) is 29.4 Å². The van der Waals surface area contributed by atoms with E-state index in [1.807, 2.05) is 0 Å². The second kappa shape index (κ2) is 5.63. The van der Waals surface area contributed by atoms with E-state index in [2.05, 4.69) is 39.5 Å². The van der Waals surface area contributed by atoms with Crippen LogP contribution in [-0.2, 0) is 0 Å². The first-order chi connectivity index (χ1) is 8.49. The molecule has 2 aliphatic rings. The minimum Gasteiger partial charge on any atom is -0.358 e. The van der Waals surface area contributed by atoms with Crippen LogP contribution in [0.25, 0.3) is 0 Å². The van der Waals surface area contributed by atoms with Gasteiger partial charge in [-0.2, -0.15) is 0 Å². The van der Waals surface area contributed by atoms with Gasteiger partial charge in [0, 0.05) is 24.5 Å². The first-order valence-corrected chi connectivity index (χ1v) is 7.83. The number of hydrogen-bond donors (Lipinski definition) is 0. The molecule has 2 heteroatoms. The van der Waals surface area contributed by atoms with Gasteiger partial charge in [0.05, 0.1) is 0 Å². The van der Waals surface area contributed by atoms with Crippen molar-refractivity contribution < 1.29 is 0 Å². The summed E-state index contributed by atoms with van der Waals surface area (Å²) < 4.78 is 0. The Morgan fingerprint density at radius 1 is 1.11 bits per heavy atom. The summed E-state index contributed by atoms with van der Waals surface area (Å²) in [5, 5.41) is 0. The fraction of sp³-hybridized carbons (Fsp3) is 0.938. The lowest BCUT2D eigenvalue weighted by Gasteiger charge is -2.46. The second-order valence-corrected chi connectivity index (χ2v) is 6.94. The van der Waals surface area contributed by atoms with Gasteiger partial charge in [0.15, 0.2) is 0 Å². The average Bonchev–Trinajstić information content (AvgIpc) is 2.27. The molecule has 0 amide bonds. The van der Waals surface area contributed by atoms with Crippen LogP contribution >= 0.6 is 0 Å². The predicted octanol–water partition coefficient (Wildman–Crippen LogP) is 3.96. The zero-order chi connectivity index (χ0) is 13.3. The van der Waals surface area contributed by atoms with Crippen molar-refractivity contribution in [1.82, 2.24) is 4.90 Å². The summed E-state index contributed by atoms with van der Waals surface area (Å²) in [7, 11) is 0. The number of aliphatic imine (C=N–C) groups is 1. The molecule has 1 saturated heterocycles. The predicted molar refractivity (Wildman–Crippen MR) is 79.0 cm³/mol. The van der Waals surface area contributed by atoms with E-state index in [0.29, 0.717) is 12.1 Å². The summed E-state index contributed by atoms with van der Waals surface area (Å²) >= 11 is 0. The molecule has 0 aromatic carbocycles. The number of nitrogens with zero attached hydrogens (tertiary/aromatic N) is 2. The van der Waals surface area contributed by atoms with Crippen molar-refractivity contribution in [2.45, 2.75) is 72.4 Å². The van der Waals surface area contributed by atoms with E-state index >= 15 is 0 Å². The van der Waals surface area contributed by atoms with Crippen molar-refractivity contribution in [3.8, 4) is 0 Å². The minimum absolute atomic E-state index is 0.430. The Balaban J connectivity index is 2.21. The highest BCUT2D eigenvalue weighted by Gasteiger charge is 2.38. The molecule has 0 spiro atoms. The van der Waals surface area contributed by atoms with Crippen molar-refractivity contribution in [3.63, 3.8) is 0 Å². The van der Waals surface area contributed by atoms with Gasteiger partial charge in [0.25, 0.3) is 0 Å². The Kier molecular flexibility index (Phi) is 4.34. The van der Waals surface area contributed by atoms with Crippen LogP contribution in [0.5, 0.6) is 0 Å². The van der Waals surface area contributed by atoms with E-state index < -0.39 is 0 Å². The summed E-state index contributed by atoms with van der Waals surface area (Å²) in [6, 6.07) is 1.03. The van der Waals surface area contributed by atoms with Gasteiger partial charge in [-0.3, -0.25) is 4.99 Å². The number of rotatable bonds is 2. The van der Waals surface area contributed by atoms with E-state index in [9.17, 15) is 0 Å². The molecular weight excluding hydrogens is 220 g/mol. The monoisotopic (exact) mass is 250 g/mol. The molecule has 3 atom stereocenters. The average molecular weight is 250 g/mol. The first-order valence-electron chi connectivity index (χ1n) is 7.83. The fourth-order valence-corrected chi connectivity index (χ4v) is 3.75. The summed E-state index contributed by atoms with van der Waals surface area (Å²) in [4.78, 5) is 7.56. The molecule has 1 heterocycles. The summed E-state index contributed by atoms with van der Waals surface area (Å²) in [6.45, 7) is 12.7. The normalized spacial score (nSPS) is 35.4. The van der Waals surface area contributed by atoms with Crippen molar-refractivity contribution in [2.75, 3.05) is 6.54 Å². The molecule has 1 saturated carbocycles. The van der Waals surface area contributed by atoms with Gasteiger partial charge in [-0.1, -0.05) is 6.92 Å². The highest BCUT2D eigenvalue weighted by atomic mass is 15.2. The topological polar surface area (TPSA) is 15.6 Å². The van der Waals surface area contributed by atoms with Crippen LogP contribution in [0, 0.1) is 17.8 Å². The van der Waals surface area contributed by atoms with Crippen LogP contribution < -0.4 is 0 Å². The molecule has 2 fully saturated rings. The SMILES string of the molecule is CC1CCC2C(=NC(C)C)N(C(C)C)CCC2C1. The number of likely N-dealkylation sites (tertiary alicyclic amines) is 1. The summed E-state index contributed by atoms with van der Waals surface area (Å²) in [5.41, 5.74) is 0. The zero-order valence-electron chi connectivity index (χ0n) is 12.8. The van der Waals surface area contributed by atoms with Gasteiger partial charge in [0.2, 0.25) is 0 Å². The lowest BCUT2D eigenvalue weighted by molar-refractivity contribution is 0.155. The van der Waals surface area contributed by atoms with Gasteiger partial charge >= 0.3 is 0 Å². The highest BCUT2D eigenvalue weighted by molar-refractivity contribution is 5.86. The summed E-state index contributed by atoms with van der Waals surface area (Å²) in [6.07, 6.45) is 5.56. The third-order valence-corrected chi connectivity index (χ3v) is 4.63. The Hall–Kier alpha value is -0.530. The number of hydrogen-bond acceptors (Lipinski definition) is 1. The van der Waals surface area contributed by atoms with Gasteiger partial charge in [-0.25, -0.2) is 0 Å².